The van der Waals surface area contributed by atoms with Crippen LogP contribution in [0.4, 0.5) is 4.39 Å². The molecule has 0 aliphatic rings. The molecule has 21 heavy (non-hydrogen) atoms. The van der Waals surface area contributed by atoms with Gasteiger partial charge in [0, 0.05) is 10.0 Å². The average molecular weight is 352 g/mol. The van der Waals surface area contributed by atoms with E-state index < -0.39 is 0 Å². The minimum absolute atomic E-state index is 0.0741. The van der Waals surface area contributed by atoms with E-state index in [1.165, 1.54) is 12.1 Å². The van der Waals surface area contributed by atoms with Gasteiger partial charge in [0.2, 0.25) is 0 Å². The van der Waals surface area contributed by atoms with E-state index in [0.717, 1.165) is 21.3 Å². The highest BCUT2D eigenvalue weighted by molar-refractivity contribution is 9.10. The summed E-state index contributed by atoms with van der Waals surface area (Å²) in [5.74, 6) is 0.579. The van der Waals surface area contributed by atoms with Crippen LogP contribution in [0.5, 0.6) is 5.75 Å². The topological polar surface area (TPSA) is 21.3 Å². The van der Waals surface area contributed by atoms with Crippen LogP contribution in [0.25, 0.3) is 0 Å². The number of halogens is 2. The summed E-state index contributed by atoms with van der Waals surface area (Å²) < 4.78 is 19.9. The normalized spacial score (nSPS) is 12.5. The highest BCUT2D eigenvalue weighted by Gasteiger charge is 2.19. The maximum absolute atomic E-state index is 13.3. The summed E-state index contributed by atoms with van der Waals surface area (Å²) >= 11 is 3.44. The van der Waals surface area contributed by atoms with Crippen LogP contribution in [0.2, 0.25) is 0 Å². The smallest absolute Gasteiger partial charge is 0.124 e. The monoisotopic (exact) mass is 351 g/mol. The molecule has 1 atom stereocenters. The van der Waals surface area contributed by atoms with E-state index in [4.69, 9.17) is 4.74 Å². The summed E-state index contributed by atoms with van der Waals surface area (Å²) in [7, 11) is 1.88. The number of ether oxygens (including phenoxy) is 1. The SMILES string of the molecule is CNC(c1ccc(F)cc1Br)c1ccccc1OC(C)C. The molecule has 0 saturated heterocycles. The van der Waals surface area contributed by atoms with Crippen molar-refractivity contribution >= 4 is 15.9 Å². The first-order valence-electron chi connectivity index (χ1n) is 6.90. The van der Waals surface area contributed by atoms with Crippen molar-refractivity contribution in [1.82, 2.24) is 5.32 Å². The lowest BCUT2D eigenvalue weighted by Gasteiger charge is -2.22. The molecular formula is C17H19BrFNO. The molecule has 0 bridgehead atoms. The molecule has 0 amide bonds. The Hall–Kier alpha value is -1.39. The molecular weight excluding hydrogens is 333 g/mol. The predicted octanol–water partition coefficient (Wildman–Crippen LogP) is 4.68. The Kier molecular flexibility index (Phi) is 5.37. The Morgan fingerprint density at radius 1 is 1.10 bits per heavy atom. The van der Waals surface area contributed by atoms with Gasteiger partial charge in [-0.1, -0.05) is 40.2 Å². The predicted molar refractivity (Wildman–Crippen MR) is 87.2 cm³/mol. The van der Waals surface area contributed by atoms with E-state index in [9.17, 15) is 4.39 Å². The zero-order chi connectivity index (χ0) is 15.4. The third-order valence-electron chi connectivity index (χ3n) is 3.15. The Morgan fingerprint density at radius 2 is 1.81 bits per heavy atom. The minimum Gasteiger partial charge on any atom is -0.491 e. The van der Waals surface area contributed by atoms with E-state index in [1.807, 2.05) is 45.2 Å². The van der Waals surface area contributed by atoms with Crippen molar-refractivity contribution in [2.75, 3.05) is 7.05 Å². The first-order valence-corrected chi connectivity index (χ1v) is 7.70. The highest BCUT2D eigenvalue weighted by atomic mass is 79.9. The zero-order valence-corrected chi connectivity index (χ0v) is 13.9. The summed E-state index contributed by atoms with van der Waals surface area (Å²) in [5.41, 5.74) is 2.00. The maximum atomic E-state index is 13.3. The van der Waals surface area contributed by atoms with Crippen LogP contribution in [0.1, 0.15) is 31.0 Å². The van der Waals surface area contributed by atoms with Gasteiger partial charge in [-0.15, -0.1) is 0 Å². The number of hydrogen-bond donors (Lipinski definition) is 1. The van der Waals surface area contributed by atoms with Gasteiger partial charge in [-0.2, -0.15) is 0 Å². The van der Waals surface area contributed by atoms with Gasteiger partial charge in [0.25, 0.3) is 0 Å². The van der Waals surface area contributed by atoms with E-state index in [2.05, 4.69) is 21.2 Å². The van der Waals surface area contributed by atoms with Gasteiger partial charge >= 0.3 is 0 Å². The van der Waals surface area contributed by atoms with Crippen LogP contribution in [0.3, 0.4) is 0 Å². The Balaban J connectivity index is 2.46. The van der Waals surface area contributed by atoms with Gasteiger partial charge in [0.15, 0.2) is 0 Å². The Labute approximate surface area is 133 Å². The molecule has 1 unspecified atom stereocenters. The summed E-state index contributed by atoms with van der Waals surface area (Å²) in [4.78, 5) is 0. The molecule has 2 rings (SSSR count). The quantitative estimate of drug-likeness (QED) is 0.843. The molecule has 0 spiro atoms. The lowest BCUT2D eigenvalue weighted by atomic mass is 9.98. The fourth-order valence-electron chi connectivity index (χ4n) is 2.29. The molecule has 0 aliphatic carbocycles. The van der Waals surface area contributed by atoms with E-state index in [1.54, 1.807) is 6.07 Å². The van der Waals surface area contributed by atoms with Crippen LogP contribution in [0.15, 0.2) is 46.9 Å². The lowest BCUT2D eigenvalue weighted by molar-refractivity contribution is 0.238. The van der Waals surface area contributed by atoms with Gasteiger partial charge < -0.3 is 10.1 Å². The molecule has 4 heteroatoms. The standard InChI is InChI=1S/C17H19BrFNO/c1-11(2)21-16-7-5-4-6-14(16)17(20-3)13-9-8-12(19)10-15(13)18/h4-11,17,20H,1-3H3. The molecule has 0 radical (unpaired) electrons. The van der Waals surface area contributed by atoms with Crippen LogP contribution in [-0.2, 0) is 0 Å². The number of nitrogens with one attached hydrogen (secondary N) is 1. The van der Waals surface area contributed by atoms with Gasteiger partial charge in [0.1, 0.15) is 11.6 Å². The number of benzene rings is 2. The highest BCUT2D eigenvalue weighted by Crippen LogP contribution is 2.34. The van der Waals surface area contributed by atoms with E-state index in [-0.39, 0.29) is 18.0 Å². The Bertz CT molecular complexity index is 615. The van der Waals surface area contributed by atoms with Gasteiger partial charge in [-0.25, -0.2) is 4.39 Å². The lowest BCUT2D eigenvalue weighted by Crippen LogP contribution is -2.20. The molecule has 0 fully saturated rings. The van der Waals surface area contributed by atoms with Crippen molar-refractivity contribution in [3.05, 3.63) is 63.9 Å². The molecule has 2 aromatic carbocycles. The molecule has 0 heterocycles. The van der Waals surface area contributed by atoms with Crippen molar-refractivity contribution < 1.29 is 9.13 Å². The molecule has 112 valence electrons. The van der Waals surface area contributed by atoms with E-state index in [0.29, 0.717) is 0 Å². The second-order valence-electron chi connectivity index (χ2n) is 5.09. The third-order valence-corrected chi connectivity index (χ3v) is 3.84. The van der Waals surface area contributed by atoms with Crippen LogP contribution in [-0.4, -0.2) is 13.2 Å². The first-order chi connectivity index (χ1) is 10.0. The molecule has 0 aromatic heterocycles. The van der Waals surface area contributed by atoms with Crippen molar-refractivity contribution in [2.24, 2.45) is 0 Å². The Morgan fingerprint density at radius 3 is 2.43 bits per heavy atom. The molecule has 0 aliphatic heterocycles. The van der Waals surface area contributed by atoms with Gasteiger partial charge in [-0.3, -0.25) is 0 Å². The largest absolute Gasteiger partial charge is 0.491 e. The third kappa shape index (κ3) is 3.83. The number of para-hydroxylation sites is 1. The molecule has 0 saturated carbocycles. The van der Waals surface area contributed by atoms with Gasteiger partial charge in [-0.05, 0) is 44.7 Å². The molecule has 2 aromatic rings. The minimum atomic E-state index is -0.257. The molecule has 1 N–H and O–H groups in total. The second kappa shape index (κ2) is 7.05. The first kappa shape index (κ1) is 16.0. The van der Waals surface area contributed by atoms with E-state index >= 15 is 0 Å². The zero-order valence-electron chi connectivity index (χ0n) is 12.4. The summed E-state index contributed by atoms with van der Waals surface area (Å²) in [6.07, 6.45) is 0.0975. The van der Waals surface area contributed by atoms with Gasteiger partial charge in [0.05, 0.1) is 12.1 Å². The van der Waals surface area contributed by atoms with Crippen molar-refractivity contribution in [1.29, 1.82) is 0 Å². The summed E-state index contributed by atoms with van der Waals surface area (Å²) in [6, 6.07) is 12.6. The average Bonchev–Trinajstić information content (AvgIpc) is 2.43. The fourth-order valence-corrected chi connectivity index (χ4v) is 2.87. The molecule has 2 nitrogen and oxygen atoms in total. The number of rotatable bonds is 5. The van der Waals surface area contributed by atoms with Crippen molar-refractivity contribution in [3.63, 3.8) is 0 Å². The van der Waals surface area contributed by atoms with Crippen LogP contribution in [0, 0.1) is 5.82 Å². The maximum Gasteiger partial charge on any atom is 0.124 e. The number of hydrogen-bond acceptors (Lipinski definition) is 2. The second-order valence-corrected chi connectivity index (χ2v) is 5.95. The van der Waals surface area contributed by atoms with Crippen molar-refractivity contribution in [3.8, 4) is 5.75 Å². The summed E-state index contributed by atoms with van der Waals surface area (Å²) in [6.45, 7) is 4.00. The summed E-state index contributed by atoms with van der Waals surface area (Å²) in [5, 5.41) is 3.28. The van der Waals surface area contributed by atoms with Crippen molar-refractivity contribution in [2.45, 2.75) is 26.0 Å². The fraction of sp³-hybridized carbons (Fsp3) is 0.294. The van der Waals surface area contributed by atoms with Crippen LogP contribution < -0.4 is 10.1 Å². The van der Waals surface area contributed by atoms with Crippen LogP contribution >= 0.6 is 15.9 Å².